The molecule has 0 saturated carbocycles. The molecule has 508 valence electrons. The molecular weight excluding hydrogens is 1340 g/mol. The van der Waals surface area contributed by atoms with Gasteiger partial charge in [0.1, 0.15) is 0 Å². The summed E-state index contributed by atoms with van der Waals surface area (Å²) < 4.78 is 22.7. The summed E-state index contributed by atoms with van der Waals surface area (Å²) in [7, 11) is -11.7. The van der Waals surface area contributed by atoms with Crippen LogP contribution in [0.3, 0.4) is 0 Å². The van der Waals surface area contributed by atoms with Crippen molar-refractivity contribution in [1.29, 1.82) is 0 Å². The Bertz CT molecular complexity index is 1150. The average Bonchev–Trinajstić information content (AvgIpc) is 2.04. The van der Waals surface area contributed by atoms with Crippen molar-refractivity contribution in [2.24, 2.45) is 0 Å². The van der Waals surface area contributed by atoms with E-state index in [4.69, 9.17) is 0 Å². The van der Waals surface area contributed by atoms with Gasteiger partial charge < -0.3 is 28.7 Å². The second-order valence-corrected chi connectivity index (χ2v) is 40.8. The van der Waals surface area contributed by atoms with Gasteiger partial charge in [0.2, 0.25) is 0 Å². The molecule has 0 radical (unpaired) electrons. The van der Waals surface area contributed by atoms with Gasteiger partial charge in [-0.15, -0.1) is 0 Å². The van der Waals surface area contributed by atoms with Gasteiger partial charge in [-0.3, -0.25) is 0 Å². The third-order valence-electron chi connectivity index (χ3n) is 17.5. The number of hydrogen-bond donors (Lipinski definition) is 0. The Morgan fingerprint density at radius 2 is 0.306 bits per heavy atom. The topological polar surface area (TPSA) is 126 Å². The van der Waals surface area contributed by atoms with Crippen LogP contribution in [0, 0.1) is 0 Å². The van der Waals surface area contributed by atoms with Gasteiger partial charge in [-0.25, -0.2) is 0 Å². The van der Waals surface area contributed by atoms with E-state index in [1.807, 2.05) is 0 Å². The van der Waals surface area contributed by atoms with Gasteiger partial charge in [0.05, 0.1) is 0 Å². The van der Waals surface area contributed by atoms with Crippen LogP contribution in [-0.2, 0) is 9.13 Å². The molecule has 0 aromatic heterocycles. The average molecular weight is 1490 g/mol. The van der Waals surface area contributed by atoms with Crippen molar-refractivity contribution in [1.82, 2.24) is 0 Å². The quantitative estimate of drug-likeness (QED) is 0.0258. The van der Waals surface area contributed by atoms with Gasteiger partial charge in [-0.05, 0) is 15.2 Å². The fraction of sp³-hybridized carbons (Fsp3) is 1.00. The van der Waals surface area contributed by atoms with E-state index in [0.717, 1.165) is 0 Å². The molecule has 0 aliphatic carbocycles. The summed E-state index contributed by atoms with van der Waals surface area (Å²) in [4.78, 5) is 39.7. The Hall–Kier alpha value is 2.48. The smallest absolute Gasteiger partial charge is 0.808 e. The summed E-state index contributed by atoms with van der Waals surface area (Å²) in [6.07, 6.45) is 95.7. The first kappa shape index (κ1) is 91.7. The minimum absolute atomic E-state index is 0.00985. The summed E-state index contributed by atoms with van der Waals surface area (Å²) in [5.74, 6) is 0. The maximum absolute atomic E-state index is 9.94. The van der Waals surface area contributed by atoms with Gasteiger partial charge >= 0.3 is 343 Å². The predicted molar refractivity (Wildman–Crippen MR) is 379 cm³/mol. The number of hydrogen-bond acceptors (Lipinski definition) is 6. The first-order valence-corrected chi connectivity index (χ1v) is 50.1. The van der Waals surface area contributed by atoms with Gasteiger partial charge in [-0.2, -0.15) is 0 Å². The molecule has 0 amide bonds. The van der Waals surface area contributed by atoms with E-state index in [2.05, 4.69) is 50.9 Å². The van der Waals surface area contributed by atoms with E-state index in [0.29, 0.717) is 0 Å². The molecule has 0 aliphatic heterocycles. The second kappa shape index (κ2) is 77.2. The molecule has 0 N–H and O–H groups in total. The number of unbranched alkanes of at least 4 members (excludes halogenated alkanes) is 60. The summed E-state index contributed by atoms with van der Waals surface area (Å²) in [5.41, 5.74) is 0. The van der Waals surface area contributed by atoms with Crippen molar-refractivity contribution in [3.8, 4) is 0 Å². The fourth-order valence-corrected chi connectivity index (χ4v) is 19.9. The van der Waals surface area contributed by atoms with Gasteiger partial charge in [0, 0.05) is 0 Å². The molecule has 0 aromatic carbocycles. The molecule has 12 heteroatoms. The molecule has 0 rings (SSSR count). The molecular formula is C73H148Cl2O6P2Sn2. The first-order valence-electron chi connectivity index (χ1n) is 38.2. The zero-order chi connectivity index (χ0) is 63.0. The van der Waals surface area contributed by atoms with Crippen LogP contribution >= 0.6 is 38.4 Å². The molecule has 0 saturated heterocycles. The Morgan fingerprint density at radius 1 is 0.212 bits per heavy atom. The Kier molecular flexibility index (Phi) is 83.2. The van der Waals surface area contributed by atoms with E-state index in [9.17, 15) is 28.7 Å². The van der Waals surface area contributed by atoms with Gasteiger partial charge in [0.15, 0.2) is 3.82 Å². The van der Waals surface area contributed by atoms with Gasteiger partial charge in [0.25, 0.3) is 0 Å². The molecule has 6 nitrogen and oxygen atoms in total. The van der Waals surface area contributed by atoms with E-state index >= 15 is 0 Å². The van der Waals surface area contributed by atoms with Crippen LogP contribution in [0.5, 0.6) is 0 Å². The molecule has 0 unspecified atom stereocenters. The monoisotopic (exact) mass is 1490 g/mol. The Balaban J connectivity index is -0.00000134. The zero-order valence-electron chi connectivity index (χ0n) is 57.7. The third-order valence-corrected chi connectivity index (χ3v) is 30.8. The number of alkyl halides is 2. The maximum atomic E-state index is 9.94. The van der Waals surface area contributed by atoms with Crippen molar-refractivity contribution in [3.63, 3.8) is 0 Å². The molecule has 85 heavy (non-hydrogen) atoms. The normalized spacial score (nSPS) is 11.8. The molecule has 0 bridgehead atoms. The van der Waals surface area contributed by atoms with Crippen LogP contribution in [0.25, 0.3) is 0 Å². The summed E-state index contributed by atoms with van der Waals surface area (Å²) in [6.45, 7) is 9.24. The van der Waals surface area contributed by atoms with Crippen molar-refractivity contribution in [2.75, 3.05) is 0 Å². The van der Waals surface area contributed by atoms with Crippen molar-refractivity contribution in [3.05, 3.63) is 0 Å². The van der Waals surface area contributed by atoms with Crippen molar-refractivity contribution < 1.29 is 28.7 Å². The SMILES string of the molecule is CCCCCCCCCCCCCCCCC[CH2][Sn+2][CH2]CCCCCCCCCCCCCCCCC.CCCCCCCCCCCCCCCCC[CH2][Sn+2][CH2]CCCCCCCCCCCCCCCCC.O=P([O-])([O-])C(Cl)(Cl)P(=O)([O-])[O-]. The van der Waals surface area contributed by atoms with Crippen molar-refractivity contribution >= 4 is 80.7 Å². The van der Waals surface area contributed by atoms with Crippen LogP contribution in [-0.4, -0.2) is 46.1 Å². The summed E-state index contributed by atoms with van der Waals surface area (Å²) in [6, 6.07) is 0. The molecule has 0 spiro atoms. The molecule has 0 atom stereocenters. The zero-order valence-corrected chi connectivity index (χ0v) is 66.7. The minimum Gasteiger partial charge on any atom is -0.808 e. The second-order valence-electron chi connectivity index (χ2n) is 26.2. The van der Waals surface area contributed by atoms with Crippen LogP contribution < -0.4 is 19.6 Å². The third kappa shape index (κ3) is 78.8. The first-order chi connectivity index (χ1) is 41.3. The van der Waals surface area contributed by atoms with Crippen LogP contribution in [0.4, 0.5) is 0 Å². The standard InChI is InChI=1S/4C18H37.CH4Cl2O6P2.2Sn/c4*1-3-5-7-9-11-13-15-17-18-16-14-12-10-8-6-4-2;2-1(3,10(4,5)6)11(7,8)9;;/h4*1,3-18H2,2H3;(H2,4,5,6)(H2,7,8,9);;/q;;;;;2*+2/p-4. The van der Waals surface area contributed by atoms with E-state index in [1.165, 1.54) is 385 Å². The summed E-state index contributed by atoms with van der Waals surface area (Å²) >= 11 is 8.97. The van der Waals surface area contributed by atoms with Crippen LogP contribution in [0.1, 0.15) is 439 Å². The van der Waals surface area contributed by atoms with Crippen molar-refractivity contribution in [2.45, 2.75) is 460 Å². The molecule has 0 aromatic rings. The van der Waals surface area contributed by atoms with Crippen LogP contribution in [0.15, 0.2) is 0 Å². The minimum atomic E-state index is -5.85. The molecule has 0 heterocycles. The van der Waals surface area contributed by atoms with E-state index < -0.39 is 19.0 Å². The van der Waals surface area contributed by atoms with Crippen LogP contribution in [0.2, 0.25) is 17.7 Å². The number of rotatable bonds is 70. The number of halogens is 2. The summed E-state index contributed by atoms with van der Waals surface area (Å²) in [5, 5.41) is 0. The Morgan fingerprint density at radius 3 is 0.388 bits per heavy atom. The van der Waals surface area contributed by atoms with E-state index in [1.54, 1.807) is 43.4 Å². The molecule has 0 fully saturated rings. The predicted octanol–water partition coefficient (Wildman–Crippen LogP) is 26.0. The Labute approximate surface area is 564 Å². The molecule has 0 aliphatic rings. The van der Waals surface area contributed by atoms with E-state index in [-0.39, 0.29) is 42.3 Å². The fourth-order valence-electron chi connectivity index (χ4n) is 11.6. The van der Waals surface area contributed by atoms with Gasteiger partial charge in [-0.1, -0.05) is 179 Å².